The van der Waals surface area contributed by atoms with Crippen molar-refractivity contribution in [3.05, 3.63) is 76.8 Å². The molecule has 5 rings (SSSR count). The number of hydrogen-bond donors (Lipinski definition) is 2. The third-order valence-corrected chi connectivity index (χ3v) is 4.04. The third-order valence-electron chi connectivity index (χ3n) is 4.04. The number of aromatic amines is 2. The van der Waals surface area contributed by atoms with Crippen LogP contribution in [0.4, 0.5) is 0 Å². The molecule has 3 aromatic rings. The van der Waals surface area contributed by atoms with E-state index in [9.17, 15) is 0 Å². The summed E-state index contributed by atoms with van der Waals surface area (Å²) < 4.78 is 0. The highest BCUT2D eigenvalue weighted by Gasteiger charge is 2.00. The van der Waals surface area contributed by atoms with Crippen LogP contribution in [-0.4, -0.2) is 31.4 Å². The van der Waals surface area contributed by atoms with E-state index in [-0.39, 0.29) is 0 Å². The summed E-state index contributed by atoms with van der Waals surface area (Å²) in [5.74, 6) is 0. The Kier molecular flexibility index (Phi) is 4.31. The van der Waals surface area contributed by atoms with Crippen LogP contribution in [0.5, 0.6) is 0 Å². The molecule has 2 aliphatic heterocycles. The fourth-order valence-corrected chi connectivity index (χ4v) is 2.94. The molecule has 8 bridgehead atoms. The van der Waals surface area contributed by atoms with Gasteiger partial charge in [0.05, 0.1) is 22.8 Å². The second kappa shape index (κ2) is 7.07. The summed E-state index contributed by atoms with van der Waals surface area (Å²) in [7, 11) is 0. The molecule has 0 spiro atoms. The molecule has 0 atom stereocenters. The molecule has 2 aliphatic rings. The van der Waals surface area contributed by atoms with E-state index in [1.54, 1.807) is 0 Å². The summed E-state index contributed by atoms with van der Waals surface area (Å²) in [6, 6.07) is 16.4. The van der Waals surface area contributed by atoms with Gasteiger partial charge in [-0.1, -0.05) is 0 Å². The van der Waals surface area contributed by atoms with Crippen LogP contribution in [0.2, 0.25) is 0 Å². The lowest BCUT2D eigenvalue weighted by Crippen LogP contribution is -1.75. The number of H-pyrrole nitrogens is 2. The summed E-state index contributed by atoms with van der Waals surface area (Å²) in [6.07, 6.45) is 8.09. The van der Waals surface area contributed by atoms with Gasteiger partial charge in [0.1, 0.15) is 0 Å². The average Bonchev–Trinajstić information content (AvgIpc) is 3.41. The zero-order valence-electron chi connectivity index (χ0n) is 14.4. The molecule has 6 heteroatoms. The Hall–Kier alpha value is -4.02. The first-order valence-electron chi connectivity index (χ1n) is 8.36. The third kappa shape index (κ3) is 3.81. The molecular formula is C21H16N6. The van der Waals surface area contributed by atoms with Crippen LogP contribution in [-0.2, 0) is 0 Å². The quantitative estimate of drug-likeness (QED) is 0.243. The summed E-state index contributed by atoms with van der Waals surface area (Å²) in [6.45, 7) is 2.67. The van der Waals surface area contributed by atoms with Crippen LogP contribution in [0.1, 0.15) is 22.8 Å². The van der Waals surface area contributed by atoms with Gasteiger partial charge in [-0.25, -0.2) is 9.97 Å². The molecule has 0 saturated carbocycles. The Labute approximate surface area is 155 Å². The molecule has 5 heterocycles. The zero-order valence-corrected chi connectivity index (χ0v) is 14.4. The molecule has 0 amide bonds. The molecule has 0 unspecified atom stereocenters. The Morgan fingerprint density at radius 1 is 0.630 bits per heavy atom. The van der Waals surface area contributed by atoms with Gasteiger partial charge < -0.3 is 15.5 Å². The summed E-state index contributed by atoms with van der Waals surface area (Å²) in [5.41, 5.74) is 14.9. The number of rotatable bonds is 0. The summed E-state index contributed by atoms with van der Waals surface area (Å²) in [5, 5.41) is 0. The molecule has 3 aromatic heterocycles. The van der Waals surface area contributed by atoms with Crippen LogP contribution >= 0.6 is 0 Å². The normalized spacial score (nSPS) is 11.6. The topological polar surface area (TPSA) is 93.8 Å². The van der Waals surface area contributed by atoms with Crippen molar-refractivity contribution in [1.29, 1.82) is 0 Å². The van der Waals surface area contributed by atoms with Crippen molar-refractivity contribution >= 4 is 53.1 Å². The monoisotopic (exact) mass is 352 g/mol. The van der Waals surface area contributed by atoms with Gasteiger partial charge in [-0.3, -0.25) is 0 Å². The van der Waals surface area contributed by atoms with Crippen molar-refractivity contribution in [3.8, 4) is 0 Å². The van der Waals surface area contributed by atoms with Crippen molar-refractivity contribution in [2.45, 2.75) is 0 Å². The van der Waals surface area contributed by atoms with Gasteiger partial charge in [0.2, 0.25) is 6.72 Å². The van der Waals surface area contributed by atoms with Crippen molar-refractivity contribution in [2.24, 2.45) is 0 Å². The van der Waals surface area contributed by atoms with Gasteiger partial charge in [-0.15, -0.1) is 0 Å². The smallest absolute Gasteiger partial charge is 0.245 e. The van der Waals surface area contributed by atoms with E-state index in [4.69, 9.17) is 5.53 Å². The van der Waals surface area contributed by atoms with Crippen LogP contribution in [0, 0.1) is 0 Å². The lowest BCUT2D eigenvalue weighted by molar-refractivity contribution is 0.0110. The van der Waals surface area contributed by atoms with Crippen molar-refractivity contribution in [1.82, 2.24) is 19.9 Å². The molecule has 0 aliphatic carbocycles. The lowest BCUT2D eigenvalue weighted by Gasteiger charge is -1.85. The van der Waals surface area contributed by atoms with Crippen LogP contribution < -0.4 is 0 Å². The number of nitrogens with one attached hydrogen (secondary N) is 2. The molecule has 6 nitrogen and oxygen atoms in total. The number of nitrogens with zero attached hydrogens (tertiary/aromatic N) is 4. The number of hydrogen-bond acceptors (Lipinski definition) is 2. The molecule has 2 N–H and O–H groups in total. The fourth-order valence-electron chi connectivity index (χ4n) is 2.94. The van der Waals surface area contributed by atoms with E-state index < -0.39 is 0 Å². The first kappa shape index (κ1) is 16.4. The van der Waals surface area contributed by atoms with E-state index in [2.05, 4.69) is 55.7 Å². The van der Waals surface area contributed by atoms with Crippen LogP contribution in [0.25, 0.3) is 51.9 Å². The SMILES string of the molecule is C1=Cc2cc3ccc(cc4nc(cc5ccc(cc1n2)[nH]5)C=C4)[nH]3.C=[N+]=[N-]. The molecule has 0 aromatic carbocycles. The minimum atomic E-state index is 0.939. The van der Waals surface area contributed by atoms with Crippen LogP contribution in [0.3, 0.4) is 0 Å². The standard InChI is InChI=1S/C20H14N4.CH2N2/c1-2-14-10-16-5-6-18(23-16)12-20-8-7-19(24-20)11-17-4-3-15(22-17)9-13(1)21-14;1-3-2/h1-12,21,24H;1H2. The molecule has 0 saturated heterocycles. The Morgan fingerprint density at radius 2 is 0.889 bits per heavy atom. The highest BCUT2D eigenvalue weighted by atomic mass is 14.8. The summed E-state index contributed by atoms with van der Waals surface area (Å²) >= 11 is 0. The predicted octanol–water partition coefficient (Wildman–Crippen LogP) is 4.57. The van der Waals surface area contributed by atoms with E-state index in [0.717, 1.165) is 44.8 Å². The predicted molar refractivity (Wildman–Crippen MR) is 110 cm³/mol. The van der Waals surface area contributed by atoms with E-state index >= 15 is 0 Å². The highest BCUT2D eigenvalue weighted by Crippen LogP contribution is 2.16. The molecule has 0 fully saturated rings. The van der Waals surface area contributed by atoms with Gasteiger partial charge in [0.25, 0.3) is 0 Å². The maximum atomic E-state index is 7.08. The van der Waals surface area contributed by atoms with Crippen molar-refractivity contribution < 1.29 is 4.79 Å². The second-order valence-electron chi connectivity index (χ2n) is 6.05. The van der Waals surface area contributed by atoms with E-state index in [1.165, 1.54) is 0 Å². The molecule has 130 valence electrons. The van der Waals surface area contributed by atoms with Gasteiger partial charge in [0.15, 0.2) is 0 Å². The maximum absolute atomic E-state index is 7.08. The largest absolute Gasteiger partial charge is 0.362 e. The van der Waals surface area contributed by atoms with Gasteiger partial charge in [0, 0.05) is 22.1 Å². The Bertz CT molecular complexity index is 1080. The number of aromatic nitrogens is 4. The minimum absolute atomic E-state index is 0.939. The van der Waals surface area contributed by atoms with E-state index in [1.807, 2.05) is 48.6 Å². The maximum Gasteiger partial charge on any atom is 0.245 e. The molecule has 0 radical (unpaired) electrons. The van der Waals surface area contributed by atoms with Gasteiger partial charge in [-0.05, 0) is 72.8 Å². The van der Waals surface area contributed by atoms with Crippen molar-refractivity contribution in [3.63, 3.8) is 0 Å². The van der Waals surface area contributed by atoms with Gasteiger partial charge >= 0.3 is 0 Å². The first-order chi connectivity index (χ1) is 13.2. The fraction of sp³-hybridized carbons (Fsp3) is 0. The minimum Gasteiger partial charge on any atom is -0.362 e. The first-order valence-corrected chi connectivity index (χ1v) is 8.36. The van der Waals surface area contributed by atoms with Crippen molar-refractivity contribution in [2.75, 3.05) is 0 Å². The van der Waals surface area contributed by atoms with Crippen LogP contribution in [0.15, 0.2) is 48.5 Å². The Balaban J connectivity index is 0.000000565. The summed E-state index contributed by atoms with van der Waals surface area (Å²) in [4.78, 5) is 18.3. The Morgan fingerprint density at radius 3 is 1.15 bits per heavy atom. The second-order valence-corrected chi connectivity index (χ2v) is 6.05. The lowest BCUT2D eigenvalue weighted by atomic mass is 10.3. The average molecular weight is 352 g/mol. The molecular weight excluding hydrogens is 336 g/mol. The molecule has 27 heavy (non-hydrogen) atoms. The van der Waals surface area contributed by atoms with E-state index in [0.29, 0.717) is 0 Å². The van der Waals surface area contributed by atoms with Gasteiger partial charge in [-0.2, -0.15) is 4.79 Å². The number of fused-ring (bicyclic) bond motifs is 8. The highest BCUT2D eigenvalue weighted by molar-refractivity contribution is 5.77. The zero-order chi connectivity index (χ0) is 18.6.